The molecule has 1 saturated heterocycles. The quantitative estimate of drug-likeness (QED) is 0.849. The average molecular weight is 279 g/mol. The van der Waals surface area contributed by atoms with E-state index in [2.05, 4.69) is 42.2 Å². The summed E-state index contributed by atoms with van der Waals surface area (Å²) in [5.41, 5.74) is 1.37. The minimum atomic E-state index is 0.454. The molecule has 1 N–H and O–H groups in total. The van der Waals surface area contributed by atoms with Gasteiger partial charge in [-0.1, -0.05) is 25.5 Å². The highest BCUT2D eigenvalue weighted by Crippen LogP contribution is 2.35. The zero-order valence-corrected chi connectivity index (χ0v) is 12.8. The zero-order chi connectivity index (χ0) is 13.5. The van der Waals surface area contributed by atoms with E-state index >= 15 is 0 Å². The van der Waals surface area contributed by atoms with Gasteiger partial charge in [0.2, 0.25) is 0 Å². The summed E-state index contributed by atoms with van der Waals surface area (Å²) in [5, 5.41) is 4.36. The van der Waals surface area contributed by atoms with Crippen LogP contribution in [-0.2, 0) is 0 Å². The van der Waals surface area contributed by atoms with E-state index in [1.165, 1.54) is 30.6 Å². The second-order valence-electron chi connectivity index (χ2n) is 4.95. The van der Waals surface area contributed by atoms with E-state index in [4.69, 9.17) is 4.74 Å². The minimum absolute atomic E-state index is 0.454. The van der Waals surface area contributed by atoms with E-state index in [0.717, 1.165) is 18.9 Å². The van der Waals surface area contributed by atoms with Crippen molar-refractivity contribution >= 4 is 11.8 Å². The number of rotatable bonds is 6. The Balaban J connectivity index is 2.14. The molecule has 106 valence electrons. The van der Waals surface area contributed by atoms with Crippen molar-refractivity contribution in [1.82, 2.24) is 5.32 Å². The monoisotopic (exact) mass is 279 g/mol. The molecule has 0 aliphatic carbocycles. The highest BCUT2D eigenvalue weighted by Gasteiger charge is 2.25. The largest absolute Gasteiger partial charge is 0.494 e. The van der Waals surface area contributed by atoms with Crippen molar-refractivity contribution in [2.24, 2.45) is 0 Å². The molecule has 2 rings (SSSR count). The molecule has 0 aromatic heterocycles. The van der Waals surface area contributed by atoms with Gasteiger partial charge in [-0.3, -0.25) is 0 Å². The maximum absolute atomic E-state index is 5.63. The Morgan fingerprint density at radius 3 is 2.95 bits per heavy atom. The maximum atomic E-state index is 5.63. The third-order valence-electron chi connectivity index (χ3n) is 3.54. The predicted octanol–water partition coefficient (Wildman–Crippen LogP) is 4.02. The van der Waals surface area contributed by atoms with Gasteiger partial charge >= 0.3 is 0 Å². The SMILES string of the molecule is CCNC(c1cccc(OCC)c1)C1CCCCS1. The van der Waals surface area contributed by atoms with Crippen molar-refractivity contribution in [3.8, 4) is 5.75 Å². The molecule has 1 fully saturated rings. The molecule has 3 heteroatoms. The predicted molar refractivity (Wildman–Crippen MR) is 84.1 cm³/mol. The summed E-state index contributed by atoms with van der Waals surface area (Å²) < 4.78 is 5.63. The lowest BCUT2D eigenvalue weighted by molar-refractivity contribution is 0.339. The third kappa shape index (κ3) is 4.15. The molecule has 2 nitrogen and oxygen atoms in total. The lowest BCUT2D eigenvalue weighted by Gasteiger charge is -2.31. The van der Waals surface area contributed by atoms with E-state index < -0.39 is 0 Å². The van der Waals surface area contributed by atoms with Gasteiger partial charge in [-0.05, 0) is 49.8 Å². The first kappa shape index (κ1) is 14.7. The number of benzene rings is 1. The fourth-order valence-electron chi connectivity index (χ4n) is 2.68. The molecule has 1 aromatic rings. The summed E-state index contributed by atoms with van der Waals surface area (Å²) in [6.07, 6.45) is 4.06. The van der Waals surface area contributed by atoms with Crippen LogP contribution < -0.4 is 10.1 Å². The van der Waals surface area contributed by atoms with Crippen molar-refractivity contribution in [1.29, 1.82) is 0 Å². The normalized spacial score (nSPS) is 21.1. The summed E-state index contributed by atoms with van der Waals surface area (Å²) in [4.78, 5) is 0. The van der Waals surface area contributed by atoms with E-state index in [9.17, 15) is 0 Å². The molecule has 19 heavy (non-hydrogen) atoms. The van der Waals surface area contributed by atoms with Gasteiger partial charge in [0.25, 0.3) is 0 Å². The van der Waals surface area contributed by atoms with Gasteiger partial charge in [-0.15, -0.1) is 0 Å². The van der Waals surface area contributed by atoms with E-state index in [-0.39, 0.29) is 0 Å². The van der Waals surface area contributed by atoms with Crippen LogP contribution in [0.4, 0.5) is 0 Å². The van der Waals surface area contributed by atoms with Crippen LogP contribution in [0.2, 0.25) is 0 Å². The van der Waals surface area contributed by atoms with Crippen LogP contribution in [0.1, 0.15) is 44.7 Å². The Bertz CT molecular complexity index is 377. The maximum Gasteiger partial charge on any atom is 0.119 e. The van der Waals surface area contributed by atoms with Gasteiger partial charge in [0.05, 0.1) is 6.61 Å². The van der Waals surface area contributed by atoms with Crippen LogP contribution in [0, 0.1) is 0 Å². The Kier molecular flexibility index (Phi) is 6.05. The lowest BCUT2D eigenvalue weighted by atomic mass is 9.99. The fraction of sp³-hybridized carbons (Fsp3) is 0.625. The number of thioether (sulfide) groups is 1. The topological polar surface area (TPSA) is 21.3 Å². The highest BCUT2D eigenvalue weighted by atomic mass is 32.2. The average Bonchev–Trinajstić information content (AvgIpc) is 2.46. The molecule has 0 saturated carbocycles. The first-order valence-corrected chi connectivity index (χ1v) is 8.47. The Morgan fingerprint density at radius 1 is 1.37 bits per heavy atom. The van der Waals surface area contributed by atoms with Crippen LogP contribution in [0.25, 0.3) is 0 Å². The van der Waals surface area contributed by atoms with E-state index in [0.29, 0.717) is 11.3 Å². The van der Waals surface area contributed by atoms with Gasteiger partial charge in [-0.2, -0.15) is 11.8 Å². The summed E-state index contributed by atoms with van der Waals surface area (Å²) >= 11 is 2.12. The van der Waals surface area contributed by atoms with Crippen LogP contribution in [0.3, 0.4) is 0 Å². The van der Waals surface area contributed by atoms with Crippen LogP contribution in [0.15, 0.2) is 24.3 Å². The molecule has 0 radical (unpaired) electrons. The highest BCUT2D eigenvalue weighted by molar-refractivity contribution is 8.00. The van der Waals surface area contributed by atoms with E-state index in [1.807, 2.05) is 13.0 Å². The van der Waals surface area contributed by atoms with Crippen LogP contribution >= 0.6 is 11.8 Å². The molecule has 1 aliphatic heterocycles. The van der Waals surface area contributed by atoms with Gasteiger partial charge in [0.15, 0.2) is 0 Å². The van der Waals surface area contributed by atoms with E-state index in [1.54, 1.807) is 0 Å². The molecule has 0 bridgehead atoms. The van der Waals surface area contributed by atoms with Crippen LogP contribution in [0.5, 0.6) is 5.75 Å². The molecule has 2 atom stereocenters. The summed E-state index contributed by atoms with van der Waals surface area (Å²) in [6.45, 7) is 5.96. The zero-order valence-electron chi connectivity index (χ0n) is 12.0. The van der Waals surface area contributed by atoms with Gasteiger partial charge in [0.1, 0.15) is 5.75 Å². The molecule has 1 aliphatic rings. The summed E-state index contributed by atoms with van der Waals surface area (Å²) in [7, 11) is 0. The van der Waals surface area contributed by atoms with Crippen LogP contribution in [-0.4, -0.2) is 24.2 Å². The van der Waals surface area contributed by atoms with Crippen molar-refractivity contribution in [2.75, 3.05) is 18.9 Å². The molecule has 2 unspecified atom stereocenters. The Hall–Kier alpha value is -0.670. The van der Waals surface area contributed by atoms with Crippen molar-refractivity contribution in [3.05, 3.63) is 29.8 Å². The fourth-order valence-corrected chi connectivity index (χ4v) is 4.13. The summed E-state index contributed by atoms with van der Waals surface area (Å²) in [6, 6.07) is 9.04. The van der Waals surface area contributed by atoms with Crippen molar-refractivity contribution < 1.29 is 4.74 Å². The standard InChI is InChI=1S/C16H25NOS/c1-3-17-16(15-10-5-6-11-19-15)13-8-7-9-14(12-13)18-4-2/h7-9,12,15-17H,3-6,10-11H2,1-2H3. The molecule has 1 heterocycles. The molecule has 0 amide bonds. The Morgan fingerprint density at radius 2 is 2.26 bits per heavy atom. The lowest BCUT2D eigenvalue weighted by Crippen LogP contribution is -2.31. The first-order chi connectivity index (χ1) is 9.35. The molecule has 1 aromatic carbocycles. The Labute approximate surface area is 121 Å². The molecular weight excluding hydrogens is 254 g/mol. The second kappa shape index (κ2) is 7.81. The summed E-state index contributed by atoms with van der Waals surface area (Å²) in [5.74, 6) is 2.29. The van der Waals surface area contributed by atoms with Gasteiger partial charge in [0, 0.05) is 11.3 Å². The smallest absolute Gasteiger partial charge is 0.119 e. The third-order valence-corrected chi connectivity index (χ3v) is 5.00. The van der Waals surface area contributed by atoms with Crippen molar-refractivity contribution in [2.45, 2.75) is 44.4 Å². The number of hydrogen-bond acceptors (Lipinski definition) is 3. The first-order valence-electron chi connectivity index (χ1n) is 7.43. The molecular formula is C16H25NOS. The second-order valence-corrected chi connectivity index (χ2v) is 6.29. The van der Waals surface area contributed by atoms with Crippen molar-refractivity contribution in [3.63, 3.8) is 0 Å². The number of ether oxygens (including phenoxy) is 1. The van der Waals surface area contributed by atoms with Gasteiger partial charge < -0.3 is 10.1 Å². The van der Waals surface area contributed by atoms with Gasteiger partial charge in [-0.25, -0.2) is 0 Å². The molecule has 0 spiro atoms. The number of hydrogen-bond donors (Lipinski definition) is 1. The number of nitrogens with one attached hydrogen (secondary N) is 1. The minimum Gasteiger partial charge on any atom is -0.494 e.